The molecule has 2 heterocycles. The molecule has 34 heavy (non-hydrogen) atoms. The highest BCUT2D eigenvalue weighted by Crippen LogP contribution is 2.50. The fraction of sp³-hybridized carbons (Fsp3) is 0.321. The quantitative estimate of drug-likeness (QED) is 0.265. The summed E-state index contributed by atoms with van der Waals surface area (Å²) in [5.74, 6) is 1.66. The summed E-state index contributed by atoms with van der Waals surface area (Å²) in [5, 5.41) is 11.7. The number of carbonyl (C=O) groups is 1. The molecule has 0 atom stereocenters. The van der Waals surface area contributed by atoms with Gasteiger partial charge in [-0.1, -0.05) is 60.6 Å². The Balaban J connectivity index is 1.31. The lowest BCUT2D eigenvalue weighted by molar-refractivity contribution is -0.124. The number of nitrogens with zero attached hydrogens (tertiary/aromatic N) is 3. The summed E-state index contributed by atoms with van der Waals surface area (Å²) >= 11 is 3.14. The van der Waals surface area contributed by atoms with E-state index < -0.39 is 0 Å². The van der Waals surface area contributed by atoms with Crippen molar-refractivity contribution in [3.8, 4) is 16.4 Å². The number of rotatable bonds is 7. The molecule has 2 aromatic heterocycles. The van der Waals surface area contributed by atoms with Gasteiger partial charge in [0.25, 0.3) is 0 Å². The highest BCUT2D eigenvalue weighted by Gasteiger charge is 2.45. The second-order valence-corrected chi connectivity index (χ2v) is 11.5. The third-order valence-electron chi connectivity index (χ3n) is 6.86. The first kappa shape index (κ1) is 23.1. The highest BCUT2D eigenvalue weighted by molar-refractivity contribution is 7.99. The number of thioether (sulfide) groups is 1. The Morgan fingerprint density at radius 1 is 1.06 bits per heavy atom. The molecule has 5 rings (SSSR count). The summed E-state index contributed by atoms with van der Waals surface area (Å²) in [6.45, 7) is 8.86. The van der Waals surface area contributed by atoms with Gasteiger partial charge in [-0.25, -0.2) is 0 Å². The Hall–Kier alpha value is -2.70. The van der Waals surface area contributed by atoms with E-state index in [4.69, 9.17) is 0 Å². The van der Waals surface area contributed by atoms with Gasteiger partial charge in [0.05, 0.1) is 10.6 Å². The van der Waals surface area contributed by atoms with Crippen LogP contribution in [0, 0.1) is 26.7 Å². The Morgan fingerprint density at radius 2 is 1.76 bits per heavy atom. The number of aryl methyl sites for hydroxylation is 3. The van der Waals surface area contributed by atoms with Gasteiger partial charge in [-0.15, -0.1) is 21.5 Å². The van der Waals surface area contributed by atoms with E-state index in [1.807, 2.05) is 29.6 Å². The fourth-order valence-electron chi connectivity index (χ4n) is 5.58. The predicted octanol–water partition coefficient (Wildman–Crippen LogP) is 6.95. The molecular weight excluding hydrogens is 458 g/mol. The maximum atomic E-state index is 13.1. The predicted molar refractivity (Wildman–Crippen MR) is 141 cm³/mol. The van der Waals surface area contributed by atoms with Crippen molar-refractivity contribution in [1.82, 2.24) is 14.8 Å². The van der Waals surface area contributed by atoms with E-state index in [9.17, 15) is 4.79 Å². The molecule has 0 saturated heterocycles. The number of benzene rings is 2. The number of ketones is 1. The first-order chi connectivity index (χ1) is 16.4. The molecule has 4 nitrogen and oxygen atoms in total. The van der Waals surface area contributed by atoms with Gasteiger partial charge in [-0.2, -0.15) is 0 Å². The van der Waals surface area contributed by atoms with E-state index in [2.05, 4.69) is 72.8 Å². The largest absolute Gasteiger partial charge is 0.298 e. The van der Waals surface area contributed by atoms with Gasteiger partial charge in [-0.3, -0.25) is 9.36 Å². The van der Waals surface area contributed by atoms with Gasteiger partial charge in [0.15, 0.2) is 11.0 Å². The molecule has 6 heteroatoms. The van der Waals surface area contributed by atoms with Crippen LogP contribution in [0.4, 0.5) is 0 Å². The molecule has 4 aromatic rings. The molecule has 0 radical (unpaired) electrons. The first-order valence-corrected chi connectivity index (χ1v) is 13.5. The number of Topliss-reactive ketones (excluding diaryl/α,β-unsaturated/α-hetero) is 1. The maximum absolute atomic E-state index is 13.1. The summed E-state index contributed by atoms with van der Waals surface area (Å²) in [7, 11) is 0. The van der Waals surface area contributed by atoms with Crippen molar-refractivity contribution in [3.05, 3.63) is 82.2 Å². The number of thiophene rings is 1. The molecule has 1 aliphatic rings. The molecule has 1 saturated carbocycles. The lowest BCUT2D eigenvalue weighted by Crippen LogP contribution is -2.43. The van der Waals surface area contributed by atoms with Crippen molar-refractivity contribution in [3.63, 3.8) is 0 Å². The van der Waals surface area contributed by atoms with E-state index in [1.54, 1.807) is 11.3 Å². The zero-order chi connectivity index (χ0) is 23.9. The Labute approximate surface area is 209 Å². The van der Waals surface area contributed by atoms with Crippen LogP contribution in [0.1, 0.15) is 42.0 Å². The van der Waals surface area contributed by atoms with Gasteiger partial charge in [-0.05, 0) is 79.3 Å². The van der Waals surface area contributed by atoms with Crippen molar-refractivity contribution in [2.24, 2.45) is 5.92 Å². The van der Waals surface area contributed by atoms with Crippen molar-refractivity contribution >= 4 is 28.9 Å². The van der Waals surface area contributed by atoms with Gasteiger partial charge in [0.1, 0.15) is 5.78 Å². The zero-order valence-electron chi connectivity index (χ0n) is 20.0. The van der Waals surface area contributed by atoms with E-state index in [-0.39, 0.29) is 11.3 Å². The standard InChI is InChI=1S/C28H29N3OS2/c1-18-13-19(2)25(20(3)14-18)28(4)15-21(16-28)23(32)17-34-27-30-29-26(24-11-8-12-33-24)31(27)22-9-6-5-7-10-22/h5-14,21H,15-17H2,1-4H3. The van der Waals surface area contributed by atoms with Crippen LogP contribution in [-0.4, -0.2) is 26.3 Å². The van der Waals surface area contributed by atoms with Crippen LogP contribution in [0.15, 0.2) is 65.1 Å². The molecule has 1 fully saturated rings. The lowest BCUT2D eigenvalue weighted by Gasteiger charge is -2.46. The molecule has 0 aliphatic heterocycles. The van der Waals surface area contributed by atoms with Crippen molar-refractivity contribution in [2.75, 3.05) is 5.75 Å². The SMILES string of the molecule is Cc1cc(C)c(C2(C)CC(C(=O)CSc3nnc(-c4cccs4)n3-c3ccccc3)C2)c(C)c1. The minimum Gasteiger partial charge on any atom is -0.298 e. The third-order valence-corrected chi connectivity index (χ3v) is 8.68. The maximum Gasteiger partial charge on any atom is 0.196 e. The normalized spacial score (nSPS) is 19.7. The Kier molecular flexibility index (Phi) is 6.21. The van der Waals surface area contributed by atoms with Crippen LogP contribution >= 0.6 is 23.1 Å². The monoisotopic (exact) mass is 487 g/mol. The van der Waals surface area contributed by atoms with Crippen LogP contribution in [-0.2, 0) is 10.2 Å². The van der Waals surface area contributed by atoms with E-state index in [0.29, 0.717) is 11.5 Å². The van der Waals surface area contributed by atoms with E-state index >= 15 is 0 Å². The molecule has 0 bridgehead atoms. The number of para-hydroxylation sites is 1. The zero-order valence-corrected chi connectivity index (χ0v) is 21.7. The molecule has 0 amide bonds. The van der Waals surface area contributed by atoms with Crippen LogP contribution in [0.5, 0.6) is 0 Å². The van der Waals surface area contributed by atoms with E-state index in [0.717, 1.165) is 34.4 Å². The highest BCUT2D eigenvalue weighted by atomic mass is 32.2. The van der Waals surface area contributed by atoms with E-state index in [1.165, 1.54) is 34.0 Å². The molecule has 1 aliphatic carbocycles. The number of aromatic nitrogens is 3. The van der Waals surface area contributed by atoms with Gasteiger partial charge < -0.3 is 0 Å². The summed E-state index contributed by atoms with van der Waals surface area (Å²) in [6, 6.07) is 18.7. The number of carbonyl (C=O) groups excluding carboxylic acids is 1. The fourth-order valence-corrected chi connectivity index (χ4v) is 7.21. The smallest absolute Gasteiger partial charge is 0.196 e. The van der Waals surface area contributed by atoms with Crippen molar-refractivity contribution in [2.45, 2.75) is 51.1 Å². The minimum atomic E-state index is 0.0866. The van der Waals surface area contributed by atoms with Crippen molar-refractivity contribution < 1.29 is 4.79 Å². The Morgan fingerprint density at radius 3 is 2.41 bits per heavy atom. The molecule has 174 valence electrons. The number of hydrogen-bond donors (Lipinski definition) is 0. The summed E-state index contributed by atoms with van der Waals surface area (Å²) < 4.78 is 2.06. The molecular formula is C28H29N3OS2. The molecule has 2 aromatic carbocycles. The van der Waals surface area contributed by atoms with Gasteiger partial charge >= 0.3 is 0 Å². The minimum absolute atomic E-state index is 0.0866. The summed E-state index contributed by atoms with van der Waals surface area (Å²) in [5.41, 5.74) is 6.51. The van der Waals surface area contributed by atoms with Crippen LogP contribution < -0.4 is 0 Å². The third kappa shape index (κ3) is 4.25. The van der Waals surface area contributed by atoms with Crippen LogP contribution in [0.3, 0.4) is 0 Å². The first-order valence-electron chi connectivity index (χ1n) is 11.6. The molecule has 0 unspecified atom stereocenters. The Bertz CT molecular complexity index is 1300. The summed E-state index contributed by atoms with van der Waals surface area (Å²) in [4.78, 5) is 14.2. The van der Waals surface area contributed by atoms with Crippen molar-refractivity contribution in [1.29, 1.82) is 0 Å². The topological polar surface area (TPSA) is 47.8 Å². The van der Waals surface area contributed by atoms with Crippen LogP contribution in [0.2, 0.25) is 0 Å². The van der Waals surface area contributed by atoms with Gasteiger partial charge in [0.2, 0.25) is 0 Å². The number of hydrogen-bond acceptors (Lipinski definition) is 5. The molecule has 0 N–H and O–H groups in total. The lowest BCUT2D eigenvalue weighted by atomic mass is 9.57. The summed E-state index contributed by atoms with van der Waals surface area (Å²) in [6.07, 6.45) is 1.84. The average Bonchev–Trinajstić information content (AvgIpc) is 3.45. The van der Waals surface area contributed by atoms with Gasteiger partial charge in [0, 0.05) is 11.6 Å². The average molecular weight is 488 g/mol. The second-order valence-electron chi connectivity index (χ2n) is 9.65. The second kappa shape index (κ2) is 9.16. The molecule has 0 spiro atoms. The van der Waals surface area contributed by atoms with Crippen LogP contribution in [0.25, 0.3) is 16.4 Å².